The molecule has 3 rings (SSSR count). The Bertz CT molecular complexity index is 534. The lowest BCUT2D eigenvalue weighted by atomic mass is 9.89. The van der Waals surface area contributed by atoms with Crippen molar-refractivity contribution in [2.75, 3.05) is 26.3 Å². The van der Waals surface area contributed by atoms with Crippen molar-refractivity contribution in [2.45, 2.75) is 31.0 Å². The van der Waals surface area contributed by atoms with Crippen LogP contribution in [-0.4, -0.2) is 53.8 Å². The Balaban J connectivity index is 1.65. The zero-order chi connectivity index (χ0) is 15.4. The Morgan fingerprint density at radius 3 is 3.32 bits per heavy atom. The molecule has 0 N–H and O–H groups in total. The SMILES string of the molecule is C=CCO[C@H]1CO[C@]2(CCCN(C(=O)c3cccnc3)C2)C1. The number of carbonyl (C=O) groups is 1. The van der Waals surface area contributed by atoms with Gasteiger partial charge in [0.1, 0.15) is 0 Å². The maximum Gasteiger partial charge on any atom is 0.255 e. The van der Waals surface area contributed by atoms with Crippen molar-refractivity contribution in [1.82, 2.24) is 9.88 Å². The van der Waals surface area contributed by atoms with Crippen LogP contribution >= 0.6 is 0 Å². The Labute approximate surface area is 130 Å². The molecule has 5 nitrogen and oxygen atoms in total. The van der Waals surface area contributed by atoms with Crippen LogP contribution in [0.1, 0.15) is 29.6 Å². The van der Waals surface area contributed by atoms with E-state index in [-0.39, 0.29) is 17.6 Å². The molecule has 1 aromatic rings. The van der Waals surface area contributed by atoms with Crippen molar-refractivity contribution in [2.24, 2.45) is 0 Å². The van der Waals surface area contributed by atoms with Gasteiger partial charge in [0, 0.05) is 25.4 Å². The number of amides is 1. The third-order valence-electron chi connectivity index (χ3n) is 4.36. The van der Waals surface area contributed by atoms with E-state index in [0.29, 0.717) is 25.3 Å². The van der Waals surface area contributed by atoms with Crippen LogP contribution in [0.2, 0.25) is 0 Å². The second-order valence-corrected chi connectivity index (χ2v) is 6.01. The van der Waals surface area contributed by atoms with Crippen molar-refractivity contribution in [1.29, 1.82) is 0 Å². The minimum absolute atomic E-state index is 0.0336. The molecule has 0 radical (unpaired) electrons. The van der Waals surface area contributed by atoms with E-state index < -0.39 is 0 Å². The lowest BCUT2D eigenvalue weighted by Gasteiger charge is -2.39. The average Bonchev–Trinajstić information content (AvgIpc) is 2.95. The van der Waals surface area contributed by atoms with Gasteiger partial charge < -0.3 is 14.4 Å². The topological polar surface area (TPSA) is 51.7 Å². The molecule has 0 bridgehead atoms. The Kier molecular flexibility index (Phi) is 4.55. The number of carbonyl (C=O) groups excluding carboxylic acids is 1. The summed E-state index contributed by atoms with van der Waals surface area (Å²) >= 11 is 0. The summed E-state index contributed by atoms with van der Waals surface area (Å²) < 4.78 is 11.7. The first-order valence-electron chi connectivity index (χ1n) is 7.78. The van der Waals surface area contributed by atoms with E-state index in [1.54, 1.807) is 24.5 Å². The molecular formula is C17H22N2O3. The zero-order valence-corrected chi connectivity index (χ0v) is 12.7. The fraction of sp³-hybridized carbons (Fsp3) is 0.529. The number of piperidine rings is 1. The van der Waals surface area contributed by atoms with E-state index in [1.165, 1.54) is 0 Å². The number of pyridine rings is 1. The Morgan fingerprint density at radius 2 is 2.55 bits per heavy atom. The highest BCUT2D eigenvalue weighted by molar-refractivity contribution is 5.94. The van der Waals surface area contributed by atoms with Gasteiger partial charge in [-0.1, -0.05) is 6.08 Å². The predicted octanol–water partition coefficient (Wildman–Crippen LogP) is 2.05. The van der Waals surface area contributed by atoms with E-state index in [4.69, 9.17) is 9.47 Å². The first-order chi connectivity index (χ1) is 10.7. The van der Waals surface area contributed by atoms with Gasteiger partial charge in [0.25, 0.3) is 5.91 Å². The molecule has 0 aliphatic carbocycles. The summed E-state index contributed by atoms with van der Waals surface area (Å²) in [5.74, 6) is 0.0336. The second kappa shape index (κ2) is 6.58. The van der Waals surface area contributed by atoms with Gasteiger partial charge in [-0.2, -0.15) is 0 Å². The molecular weight excluding hydrogens is 280 g/mol. The lowest BCUT2D eigenvalue weighted by molar-refractivity contribution is -0.0461. The summed E-state index contributed by atoms with van der Waals surface area (Å²) in [4.78, 5) is 18.5. The van der Waals surface area contributed by atoms with Crippen molar-refractivity contribution < 1.29 is 14.3 Å². The smallest absolute Gasteiger partial charge is 0.255 e. The standard InChI is InChI=1S/C17H22N2O3/c1-2-9-21-15-10-17(22-12-15)6-4-8-19(13-17)16(20)14-5-3-7-18-11-14/h2-3,5,7,11,15H,1,4,6,8-10,12-13H2/t15-,17-/m1/s1. The summed E-state index contributed by atoms with van der Waals surface area (Å²) in [6, 6.07) is 3.60. The van der Waals surface area contributed by atoms with Crippen LogP contribution in [0, 0.1) is 0 Å². The van der Waals surface area contributed by atoms with Gasteiger partial charge in [0.15, 0.2) is 0 Å². The fourth-order valence-corrected chi connectivity index (χ4v) is 3.34. The largest absolute Gasteiger partial charge is 0.372 e. The number of ether oxygens (including phenoxy) is 2. The van der Waals surface area contributed by atoms with Crippen molar-refractivity contribution in [3.8, 4) is 0 Å². The number of rotatable bonds is 4. The fourth-order valence-electron chi connectivity index (χ4n) is 3.34. The van der Waals surface area contributed by atoms with Gasteiger partial charge in [-0.15, -0.1) is 6.58 Å². The molecule has 3 heterocycles. The van der Waals surface area contributed by atoms with Crippen LogP contribution in [-0.2, 0) is 9.47 Å². The quantitative estimate of drug-likeness (QED) is 0.799. The van der Waals surface area contributed by atoms with Gasteiger partial charge in [-0.25, -0.2) is 0 Å². The summed E-state index contributed by atoms with van der Waals surface area (Å²) in [7, 11) is 0. The highest BCUT2D eigenvalue weighted by Crippen LogP contribution is 2.36. The minimum Gasteiger partial charge on any atom is -0.372 e. The number of likely N-dealkylation sites (tertiary alicyclic amines) is 1. The molecule has 1 spiro atoms. The molecule has 2 atom stereocenters. The van der Waals surface area contributed by atoms with Crippen molar-refractivity contribution in [3.63, 3.8) is 0 Å². The third kappa shape index (κ3) is 3.20. The van der Waals surface area contributed by atoms with Crippen LogP contribution in [0.4, 0.5) is 0 Å². The predicted molar refractivity (Wildman–Crippen MR) is 82.6 cm³/mol. The minimum atomic E-state index is -0.248. The van der Waals surface area contributed by atoms with Gasteiger partial charge in [-0.3, -0.25) is 9.78 Å². The average molecular weight is 302 g/mol. The van der Waals surface area contributed by atoms with Gasteiger partial charge in [0.2, 0.25) is 0 Å². The van der Waals surface area contributed by atoms with Crippen molar-refractivity contribution in [3.05, 3.63) is 42.7 Å². The highest BCUT2D eigenvalue weighted by Gasteiger charge is 2.44. The molecule has 0 unspecified atom stereocenters. The molecule has 2 aliphatic heterocycles. The number of aromatic nitrogens is 1. The first kappa shape index (κ1) is 15.2. The Hall–Kier alpha value is -1.72. The van der Waals surface area contributed by atoms with Crippen LogP contribution < -0.4 is 0 Å². The molecule has 0 aromatic carbocycles. The normalized spacial score (nSPS) is 28.0. The molecule has 2 fully saturated rings. The maximum absolute atomic E-state index is 12.6. The molecule has 118 valence electrons. The number of hydrogen-bond donors (Lipinski definition) is 0. The third-order valence-corrected chi connectivity index (χ3v) is 4.36. The Morgan fingerprint density at radius 1 is 1.64 bits per heavy atom. The van der Waals surface area contributed by atoms with Crippen LogP contribution in [0.25, 0.3) is 0 Å². The molecule has 1 aromatic heterocycles. The lowest BCUT2D eigenvalue weighted by Crippen LogP contribution is -2.50. The van der Waals surface area contributed by atoms with Crippen molar-refractivity contribution >= 4 is 5.91 Å². The summed E-state index contributed by atoms with van der Waals surface area (Å²) in [6.45, 7) is 6.22. The highest BCUT2D eigenvalue weighted by atomic mass is 16.6. The zero-order valence-electron chi connectivity index (χ0n) is 12.7. The summed E-state index contributed by atoms with van der Waals surface area (Å²) in [5, 5.41) is 0. The first-order valence-corrected chi connectivity index (χ1v) is 7.78. The second-order valence-electron chi connectivity index (χ2n) is 6.01. The molecule has 1 amide bonds. The van der Waals surface area contributed by atoms with E-state index in [1.807, 2.05) is 11.0 Å². The molecule has 5 heteroatoms. The number of hydrogen-bond acceptors (Lipinski definition) is 4. The van der Waals surface area contributed by atoms with E-state index in [9.17, 15) is 4.79 Å². The maximum atomic E-state index is 12.6. The summed E-state index contributed by atoms with van der Waals surface area (Å²) in [6.07, 6.45) is 7.94. The number of nitrogens with zero attached hydrogens (tertiary/aromatic N) is 2. The van der Waals surface area contributed by atoms with Crippen LogP contribution in [0.15, 0.2) is 37.2 Å². The van der Waals surface area contributed by atoms with Gasteiger partial charge in [0.05, 0.1) is 37.0 Å². The molecule has 22 heavy (non-hydrogen) atoms. The van der Waals surface area contributed by atoms with E-state index in [0.717, 1.165) is 25.8 Å². The monoisotopic (exact) mass is 302 g/mol. The van der Waals surface area contributed by atoms with Gasteiger partial charge in [-0.05, 0) is 25.0 Å². The van der Waals surface area contributed by atoms with E-state index in [2.05, 4.69) is 11.6 Å². The van der Waals surface area contributed by atoms with Crippen LogP contribution in [0.5, 0.6) is 0 Å². The van der Waals surface area contributed by atoms with Crippen LogP contribution in [0.3, 0.4) is 0 Å². The molecule has 0 saturated carbocycles. The van der Waals surface area contributed by atoms with E-state index >= 15 is 0 Å². The molecule has 2 aliphatic rings. The van der Waals surface area contributed by atoms with Gasteiger partial charge >= 0.3 is 0 Å². The summed E-state index contributed by atoms with van der Waals surface area (Å²) in [5.41, 5.74) is 0.388. The molecule has 2 saturated heterocycles.